The van der Waals surface area contributed by atoms with Crippen molar-refractivity contribution in [2.75, 3.05) is 26.2 Å². The molecule has 1 aliphatic heterocycles. The molecule has 4 nitrogen and oxygen atoms in total. The van der Waals surface area contributed by atoms with Gasteiger partial charge in [-0.25, -0.2) is 0 Å². The number of benzene rings is 1. The second kappa shape index (κ2) is 6.91. The maximum absolute atomic E-state index is 11.9. The molecule has 1 saturated heterocycles. The van der Waals surface area contributed by atoms with E-state index in [9.17, 15) is 4.79 Å². The molecule has 0 aromatic heterocycles. The largest absolute Gasteiger partial charge is 0.340 e. The highest BCUT2D eigenvalue weighted by Crippen LogP contribution is 2.08. The summed E-state index contributed by atoms with van der Waals surface area (Å²) in [7, 11) is 0. The molecule has 1 aromatic rings. The zero-order valence-corrected chi connectivity index (χ0v) is 11.1. The molecule has 1 heterocycles. The standard InChI is InChI=1S/C15H19N3O/c16-12-14-6-4-13(5-7-14)2-1-3-15(19)18-10-8-17-9-11-18/h4-7,17H,1-3,8-11H2. The molecule has 100 valence electrons. The maximum Gasteiger partial charge on any atom is 0.222 e. The summed E-state index contributed by atoms with van der Waals surface area (Å²) in [5.74, 6) is 0.259. The van der Waals surface area contributed by atoms with Crippen LogP contribution in [0.5, 0.6) is 0 Å². The van der Waals surface area contributed by atoms with Crippen LogP contribution in [0.1, 0.15) is 24.0 Å². The Hall–Kier alpha value is -1.86. The molecular weight excluding hydrogens is 238 g/mol. The molecule has 0 saturated carbocycles. The topological polar surface area (TPSA) is 56.1 Å². The number of rotatable bonds is 4. The number of nitriles is 1. The summed E-state index contributed by atoms with van der Waals surface area (Å²) >= 11 is 0. The number of nitrogens with one attached hydrogen (secondary N) is 1. The summed E-state index contributed by atoms with van der Waals surface area (Å²) in [6, 6.07) is 9.69. The zero-order chi connectivity index (χ0) is 13.5. The summed E-state index contributed by atoms with van der Waals surface area (Å²) in [5, 5.41) is 12.0. The van der Waals surface area contributed by atoms with E-state index in [-0.39, 0.29) is 5.91 Å². The minimum atomic E-state index is 0.259. The van der Waals surface area contributed by atoms with Crippen molar-refractivity contribution >= 4 is 5.91 Å². The fourth-order valence-corrected chi connectivity index (χ4v) is 2.26. The lowest BCUT2D eigenvalue weighted by Gasteiger charge is -2.27. The second-order valence-corrected chi connectivity index (χ2v) is 4.79. The van der Waals surface area contributed by atoms with Crippen LogP contribution in [0.25, 0.3) is 0 Å². The first-order chi connectivity index (χ1) is 9.29. The highest BCUT2D eigenvalue weighted by atomic mass is 16.2. The first-order valence-electron chi connectivity index (χ1n) is 6.77. The number of amides is 1. The normalized spacial score (nSPS) is 15.0. The molecule has 0 unspecified atom stereocenters. The maximum atomic E-state index is 11.9. The van der Waals surface area contributed by atoms with Crippen molar-refractivity contribution in [3.05, 3.63) is 35.4 Å². The molecule has 19 heavy (non-hydrogen) atoms. The van der Waals surface area contributed by atoms with Crippen LogP contribution in [0.3, 0.4) is 0 Å². The van der Waals surface area contributed by atoms with Crippen molar-refractivity contribution in [1.82, 2.24) is 10.2 Å². The first-order valence-corrected chi connectivity index (χ1v) is 6.77. The van der Waals surface area contributed by atoms with E-state index in [0.717, 1.165) is 39.0 Å². The minimum Gasteiger partial charge on any atom is -0.340 e. The van der Waals surface area contributed by atoms with E-state index in [1.165, 1.54) is 5.56 Å². The van der Waals surface area contributed by atoms with Gasteiger partial charge in [-0.2, -0.15) is 5.26 Å². The Morgan fingerprint density at radius 1 is 1.26 bits per heavy atom. The third-order valence-corrected chi connectivity index (χ3v) is 3.41. The van der Waals surface area contributed by atoms with E-state index in [2.05, 4.69) is 11.4 Å². The molecule has 0 atom stereocenters. The van der Waals surface area contributed by atoms with Gasteiger partial charge in [0.2, 0.25) is 5.91 Å². The van der Waals surface area contributed by atoms with Crippen LogP contribution in [0.4, 0.5) is 0 Å². The van der Waals surface area contributed by atoms with Crippen LogP contribution < -0.4 is 5.32 Å². The Bertz CT molecular complexity index is 455. The van der Waals surface area contributed by atoms with Crippen molar-refractivity contribution in [3.8, 4) is 6.07 Å². The number of hydrogen-bond donors (Lipinski definition) is 1. The van der Waals surface area contributed by atoms with Crippen LogP contribution in [0.2, 0.25) is 0 Å². The molecule has 1 amide bonds. The molecule has 0 spiro atoms. The lowest BCUT2D eigenvalue weighted by molar-refractivity contribution is -0.131. The zero-order valence-electron chi connectivity index (χ0n) is 11.1. The van der Waals surface area contributed by atoms with Crippen LogP contribution in [0.15, 0.2) is 24.3 Å². The highest BCUT2D eigenvalue weighted by Gasteiger charge is 2.15. The highest BCUT2D eigenvalue weighted by molar-refractivity contribution is 5.76. The quantitative estimate of drug-likeness (QED) is 0.885. The van der Waals surface area contributed by atoms with Crippen LogP contribution in [-0.4, -0.2) is 37.0 Å². The fraction of sp³-hybridized carbons (Fsp3) is 0.467. The summed E-state index contributed by atoms with van der Waals surface area (Å²) in [6.07, 6.45) is 2.37. The van der Waals surface area contributed by atoms with Crippen LogP contribution in [-0.2, 0) is 11.2 Å². The van der Waals surface area contributed by atoms with Crippen molar-refractivity contribution < 1.29 is 4.79 Å². The van der Waals surface area contributed by atoms with E-state index in [4.69, 9.17) is 5.26 Å². The predicted octanol–water partition coefficient (Wildman–Crippen LogP) is 1.31. The molecule has 1 N–H and O–H groups in total. The Kier molecular flexibility index (Phi) is 4.93. The van der Waals surface area contributed by atoms with Gasteiger partial charge in [-0.05, 0) is 30.5 Å². The number of piperazine rings is 1. The van der Waals surface area contributed by atoms with Gasteiger partial charge in [-0.3, -0.25) is 4.79 Å². The average Bonchev–Trinajstić information content (AvgIpc) is 2.49. The van der Waals surface area contributed by atoms with Gasteiger partial charge >= 0.3 is 0 Å². The molecule has 4 heteroatoms. The van der Waals surface area contributed by atoms with E-state index >= 15 is 0 Å². The van der Waals surface area contributed by atoms with Crippen molar-refractivity contribution in [2.24, 2.45) is 0 Å². The Labute approximate surface area is 114 Å². The predicted molar refractivity (Wildman–Crippen MR) is 73.5 cm³/mol. The van der Waals surface area contributed by atoms with Gasteiger partial charge in [-0.1, -0.05) is 12.1 Å². The van der Waals surface area contributed by atoms with Gasteiger partial charge in [0.05, 0.1) is 11.6 Å². The van der Waals surface area contributed by atoms with E-state index in [0.29, 0.717) is 12.0 Å². The lowest BCUT2D eigenvalue weighted by atomic mass is 10.1. The number of nitrogens with zero attached hydrogens (tertiary/aromatic N) is 2. The number of hydrogen-bond acceptors (Lipinski definition) is 3. The number of aryl methyl sites for hydroxylation is 1. The number of carbonyl (C=O) groups is 1. The van der Waals surface area contributed by atoms with E-state index in [1.807, 2.05) is 29.2 Å². The lowest BCUT2D eigenvalue weighted by Crippen LogP contribution is -2.46. The van der Waals surface area contributed by atoms with Gasteiger partial charge < -0.3 is 10.2 Å². The van der Waals surface area contributed by atoms with Crippen molar-refractivity contribution in [1.29, 1.82) is 5.26 Å². The summed E-state index contributed by atoms with van der Waals surface area (Å²) in [6.45, 7) is 3.47. The second-order valence-electron chi connectivity index (χ2n) is 4.79. The molecule has 0 radical (unpaired) electrons. The molecule has 0 aliphatic carbocycles. The van der Waals surface area contributed by atoms with Gasteiger partial charge in [-0.15, -0.1) is 0 Å². The monoisotopic (exact) mass is 257 g/mol. The van der Waals surface area contributed by atoms with Crippen LogP contribution in [0, 0.1) is 11.3 Å². The van der Waals surface area contributed by atoms with Crippen molar-refractivity contribution in [3.63, 3.8) is 0 Å². The molecule has 0 bridgehead atoms. The van der Waals surface area contributed by atoms with E-state index in [1.54, 1.807) is 0 Å². The Morgan fingerprint density at radius 2 is 1.95 bits per heavy atom. The smallest absolute Gasteiger partial charge is 0.222 e. The van der Waals surface area contributed by atoms with Gasteiger partial charge in [0.1, 0.15) is 0 Å². The summed E-state index contributed by atoms with van der Waals surface area (Å²) in [5.41, 5.74) is 1.87. The average molecular weight is 257 g/mol. The molecule has 2 rings (SSSR count). The SMILES string of the molecule is N#Cc1ccc(CCCC(=O)N2CCNCC2)cc1. The van der Waals surface area contributed by atoms with Crippen LogP contribution >= 0.6 is 0 Å². The first kappa shape index (κ1) is 13.6. The van der Waals surface area contributed by atoms with Gasteiger partial charge in [0.25, 0.3) is 0 Å². The molecule has 1 aromatic carbocycles. The minimum absolute atomic E-state index is 0.259. The molecule has 1 fully saturated rings. The van der Waals surface area contributed by atoms with Gasteiger partial charge in [0.15, 0.2) is 0 Å². The third-order valence-electron chi connectivity index (χ3n) is 3.41. The summed E-state index contributed by atoms with van der Waals surface area (Å²) in [4.78, 5) is 13.9. The van der Waals surface area contributed by atoms with Crippen molar-refractivity contribution in [2.45, 2.75) is 19.3 Å². The third kappa shape index (κ3) is 4.08. The van der Waals surface area contributed by atoms with Gasteiger partial charge in [0, 0.05) is 32.6 Å². The Balaban J connectivity index is 1.73. The number of carbonyl (C=O) groups excluding carboxylic acids is 1. The summed E-state index contributed by atoms with van der Waals surface area (Å²) < 4.78 is 0. The van der Waals surface area contributed by atoms with E-state index < -0.39 is 0 Å². The molecular formula is C15H19N3O. The Morgan fingerprint density at radius 3 is 2.58 bits per heavy atom. The molecule has 1 aliphatic rings. The fourth-order valence-electron chi connectivity index (χ4n) is 2.26.